The molecule has 1 aliphatic rings. The fourth-order valence-corrected chi connectivity index (χ4v) is 4.12. The minimum atomic E-state index is -0.847. The number of para-hydroxylation sites is 1. The van der Waals surface area contributed by atoms with Gasteiger partial charge in [0.05, 0.1) is 17.0 Å². The molecule has 0 aliphatic carbocycles. The van der Waals surface area contributed by atoms with Crippen molar-refractivity contribution in [1.29, 1.82) is 5.26 Å². The van der Waals surface area contributed by atoms with E-state index in [0.29, 0.717) is 0 Å². The van der Waals surface area contributed by atoms with Gasteiger partial charge >= 0.3 is 0 Å². The second-order valence-corrected chi connectivity index (χ2v) is 8.57. The molecule has 122 valence electrons. The third kappa shape index (κ3) is 4.30. The van der Waals surface area contributed by atoms with E-state index in [0.717, 1.165) is 15.8 Å². The van der Waals surface area contributed by atoms with Crippen molar-refractivity contribution in [3.05, 3.63) is 29.8 Å². The lowest BCUT2D eigenvalue weighted by Gasteiger charge is -2.28. The zero-order valence-corrected chi connectivity index (χ0v) is 15.4. The van der Waals surface area contributed by atoms with Crippen LogP contribution >= 0.6 is 23.5 Å². The van der Waals surface area contributed by atoms with E-state index in [9.17, 15) is 10.1 Å². The molecule has 0 bridgehead atoms. The van der Waals surface area contributed by atoms with Crippen LogP contribution in [-0.4, -0.2) is 21.1 Å². The Morgan fingerprint density at radius 2 is 2.13 bits per heavy atom. The van der Waals surface area contributed by atoms with Gasteiger partial charge in [-0.3, -0.25) is 4.79 Å². The molecule has 0 saturated carbocycles. The number of carbonyl (C=O) groups is 1. The molecule has 0 saturated heterocycles. The molecule has 0 spiro atoms. The smallest absolute Gasteiger partial charge is 0.234 e. The Hall–Kier alpha value is -1.45. The van der Waals surface area contributed by atoms with Crippen LogP contribution in [-0.2, 0) is 10.5 Å². The molecule has 0 fully saturated rings. The van der Waals surface area contributed by atoms with Crippen molar-refractivity contribution in [1.82, 2.24) is 5.32 Å². The number of nitrogens with zero attached hydrogens (tertiary/aromatic N) is 2. The van der Waals surface area contributed by atoms with Crippen molar-refractivity contribution >= 4 is 39.5 Å². The average molecular weight is 348 g/mol. The van der Waals surface area contributed by atoms with Gasteiger partial charge in [0, 0.05) is 5.75 Å². The third-order valence-corrected chi connectivity index (χ3v) is 6.27. The molecule has 1 aliphatic heterocycles. The summed E-state index contributed by atoms with van der Waals surface area (Å²) in [5.74, 6) is 0.787. The minimum absolute atomic E-state index is 0.0434. The molecular weight excluding hydrogens is 326 g/mol. The number of nitriles is 1. The number of nitrogens with one attached hydrogen (secondary N) is 1. The number of carbonyl (C=O) groups excluding carboxylic acids is 1. The zero-order chi connectivity index (χ0) is 17.0. The third-order valence-electron chi connectivity index (χ3n) is 3.97. The van der Waals surface area contributed by atoms with Gasteiger partial charge in [-0.05, 0) is 31.4 Å². The van der Waals surface area contributed by atoms with Crippen molar-refractivity contribution in [2.45, 2.75) is 44.2 Å². The predicted octanol–water partition coefficient (Wildman–Crippen LogP) is 4.10. The normalized spacial score (nSPS) is 17.5. The molecule has 0 radical (unpaired) electrons. The molecule has 1 aromatic carbocycles. The van der Waals surface area contributed by atoms with E-state index in [1.807, 2.05) is 39.0 Å². The van der Waals surface area contributed by atoms with E-state index < -0.39 is 5.54 Å². The highest BCUT2D eigenvalue weighted by molar-refractivity contribution is 8.39. The SMILES string of the molecule is CC(SC1=Nc2ccccc2CS1)C(=O)NC(C)(C#N)C(C)C. The standard InChI is InChI=1S/C17H21N3OS2/c1-11(2)17(4,10-18)20-15(21)12(3)23-16-19-14-8-6-5-7-13(14)9-22-16/h5-8,11-12H,9H2,1-4H3,(H,20,21). The number of thioether (sulfide) groups is 2. The van der Waals surface area contributed by atoms with Crippen LogP contribution in [0.4, 0.5) is 5.69 Å². The van der Waals surface area contributed by atoms with Gasteiger partial charge in [-0.2, -0.15) is 5.26 Å². The topological polar surface area (TPSA) is 65.2 Å². The molecule has 1 amide bonds. The van der Waals surface area contributed by atoms with Gasteiger partial charge in [0.25, 0.3) is 0 Å². The number of fused-ring (bicyclic) bond motifs is 1. The van der Waals surface area contributed by atoms with Crippen LogP contribution in [0.1, 0.15) is 33.3 Å². The Morgan fingerprint density at radius 1 is 1.43 bits per heavy atom. The lowest BCUT2D eigenvalue weighted by molar-refractivity contribution is -0.121. The second kappa shape index (κ2) is 7.41. The summed E-state index contributed by atoms with van der Waals surface area (Å²) in [4.78, 5) is 17.0. The molecule has 4 nitrogen and oxygen atoms in total. The quantitative estimate of drug-likeness (QED) is 0.890. The number of hydrogen-bond acceptors (Lipinski definition) is 5. The Morgan fingerprint density at radius 3 is 2.78 bits per heavy atom. The van der Waals surface area contributed by atoms with Gasteiger partial charge in [-0.15, -0.1) is 0 Å². The van der Waals surface area contributed by atoms with Gasteiger partial charge in [0.15, 0.2) is 0 Å². The van der Waals surface area contributed by atoms with Crippen molar-refractivity contribution < 1.29 is 4.79 Å². The first-order chi connectivity index (χ1) is 10.9. The van der Waals surface area contributed by atoms with Gasteiger partial charge in [-0.1, -0.05) is 55.6 Å². The van der Waals surface area contributed by atoms with Gasteiger partial charge < -0.3 is 5.32 Å². The summed E-state index contributed by atoms with van der Waals surface area (Å²) in [6.45, 7) is 7.47. The first-order valence-electron chi connectivity index (χ1n) is 7.55. The van der Waals surface area contributed by atoms with Gasteiger partial charge in [0.2, 0.25) is 5.91 Å². The average Bonchev–Trinajstić information content (AvgIpc) is 2.54. The highest BCUT2D eigenvalue weighted by atomic mass is 32.2. The van der Waals surface area contributed by atoms with E-state index in [4.69, 9.17) is 0 Å². The highest BCUT2D eigenvalue weighted by Crippen LogP contribution is 2.35. The summed E-state index contributed by atoms with van der Waals surface area (Å²) in [5, 5.41) is 11.9. The van der Waals surface area contributed by atoms with Crippen LogP contribution in [0.2, 0.25) is 0 Å². The second-order valence-electron chi connectivity index (χ2n) is 6.01. The van der Waals surface area contributed by atoms with Crippen LogP contribution in [0.15, 0.2) is 29.3 Å². The zero-order valence-electron chi connectivity index (χ0n) is 13.8. The maximum absolute atomic E-state index is 12.4. The molecular formula is C17H21N3OS2. The number of benzene rings is 1. The molecule has 0 aromatic heterocycles. The van der Waals surface area contributed by atoms with Crippen molar-refractivity contribution in [3.63, 3.8) is 0 Å². The molecule has 1 N–H and O–H groups in total. The molecule has 6 heteroatoms. The summed E-state index contributed by atoms with van der Waals surface area (Å²) in [7, 11) is 0. The van der Waals surface area contributed by atoms with E-state index in [2.05, 4.69) is 22.4 Å². The molecule has 2 unspecified atom stereocenters. The summed E-state index contributed by atoms with van der Waals surface area (Å²) in [6.07, 6.45) is 0. The number of amides is 1. The lowest BCUT2D eigenvalue weighted by atomic mass is 9.90. The first kappa shape index (κ1) is 17.9. The van der Waals surface area contributed by atoms with E-state index in [1.165, 1.54) is 17.3 Å². The van der Waals surface area contributed by atoms with Crippen LogP contribution in [0.3, 0.4) is 0 Å². The summed E-state index contributed by atoms with van der Waals surface area (Å²) in [5.41, 5.74) is 1.35. The largest absolute Gasteiger partial charge is 0.337 e. The molecule has 1 heterocycles. The number of rotatable bonds is 4. The van der Waals surface area contributed by atoms with E-state index in [1.54, 1.807) is 18.7 Å². The molecule has 1 aromatic rings. The summed E-state index contributed by atoms with van der Waals surface area (Å²) < 4.78 is 0.898. The Balaban J connectivity index is 2.03. The fraction of sp³-hybridized carbons (Fsp3) is 0.471. The molecule has 2 rings (SSSR count). The number of hydrogen-bond donors (Lipinski definition) is 1. The Bertz CT molecular complexity index is 666. The van der Waals surface area contributed by atoms with Gasteiger partial charge in [0.1, 0.15) is 9.91 Å². The van der Waals surface area contributed by atoms with Crippen LogP contribution < -0.4 is 5.32 Å². The number of aliphatic imine (C=N–C) groups is 1. The Kier molecular flexibility index (Phi) is 5.77. The maximum Gasteiger partial charge on any atom is 0.234 e. The van der Waals surface area contributed by atoms with Crippen molar-refractivity contribution in [3.8, 4) is 6.07 Å². The van der Waals surface area contributed by atoms with Crippen molar-refractivity contribution in [2.24, 2.45) is 10.9 Å². The first-order valence-corrected chi connectivity index (χ1v) is 9.41. The minimum Gasteiger partial charge on any atom is -0.337 e. The van der Waals surface area contributed by atoms with E-state index in [-0.39, 0.29) is 17.1 Å². The van der Waals surface area contributed by atoms with Crippen molar-refractivity contribution in [2.75, 3.05) is 0 Å². The predicted molar refractivity (Wildman–Crippen MR) is 98.9 cm³/mol. The fourth-order valence-electron chi connectivity index (χ4n) is 1.94. The van der Waals surface area contributed by atoms with Gasteiger partial charge in [-0.25, -0.2) is 4.99 Å². The highest BCUT2D eigenvalue weighted by Gasteiger charge is 2.32. The van der Waals surface area contributed by atoms with Crippen LogP contribution in [0.5, 0.6) is 0 Å². The maximum atomic E-state index is 12.4. The monoisotopic (exact) mass is 347 g/mol. The Labute approximate surface area is 146 Å². The molecule has 23 heavy (non-hydrogen) atoms. The lowest BCUT2D eigenvalue weighted by Crippen LogP contribution is -2.51. The van der Waals surface area contributed by atoms with Crippen LogP contribution in [0.25, 0.3) is 0 Å². The summed E-state index contributed by atoms with van der Waals surface area (Å²) >= 11 is 3.10. The summed E-state index contributed by atoms with van der Waals surface area (Å²) in [6, 6.07) is 10.3. The van der Waals surface area contributed by atoms with E-state index >= 15 is 0 Å². The van der Waals surface area contributed by atoms with Crippen LogP contribution in [0, 0.1) is 17.2 Å². The molecule has 2 atom stereocenters.